The van der Waals surface area contributed by atoms with E-state index in [0.29, 0.717) is 0 Å². The SMILES string of the molecule is CCC(C)C[C-](C)c1ccccc1.[Li+]. The molecule has 0 amide bonds. The van der Waals surface area contributed by atoms with E-state index < -0.39 is 0 Å². The van der Waals surface area contributed by atoms with Gasteiger partial charge in [0.25, 0.3) is 0 Å². The molecule has 0 aromatic heterocycles. The van der Waals surface area contributed by atoms with Gasteiger partial charge in [0.1, 0.15) is 0 Å². The van der Waals surface area contributed by atoms with E-state index >= 15 is 0 Å². The van der Waals surface area contributed by atoms with Crippen LogP contribution < -0.4 is 18.9 Å². The smallest absolute Gasteiger partial charge is 0.189 e. The molecule has 0 spiro atoms. The molecule has 72 valence electrons. The van der Waals surface area contributed by atoms with Gasteiger partial charge in [-0.05, 0) is 0 Å². The van der Waals surface area contributed by atoms with Crippen LogP contribution in [0.25, 0.3) is 0 Å². The molecule has 1 rings (SSSR count). The minimum atomic E-state index is 0. The summed E-state index contributed by atoms with van der Waals surface area (Å²) in [5.41, 5.74) is 1.39. The fraction of sp³-hybridized carbons (Fsp3) is 0.462. The Balaban J connectivity index is 0.00000169. The van der Waals surface area contributed by atoms with Crippen molar-refractivity contribution < 1.29 is 18.9 Å². The Kier molecular flexibility index (Phi) is 6.88. The van der Waals surface area contributed by atoms with Crippen LogP contribution in [0.3, 0.4) is 0 Å². The first-order valence-electron chi connectivity index (χ1n) is 5.12. The Morgan fingerprint density at radius 2 is 1.79 bits per heavy atom. The predicted octanol–water partition coefficient (Wildman–Crippen LogP) is 1.07. The zero-order chi connectivity index (χ0) is 9.68. The molecule has 1 unspecified atom stereocenters. The Morgan fingerprint density at radius 1 is 1.21 bits per heavy atom. The van der Waals surface area contributed by atoms with Crippen molar-refractivity contribution in [3.05, 3.63) is 41.8 Å². The van der Waals surface area contributed by atoms with Crippen LogP contribution in [0.5, 0.6) is 0 Å². The van der Waals surface area contributed by atoms with Gasteiger partial charge in [-0.15, -0.1) is 12.1 Å². The summed E-state index contributed by atoms with van der Waals surface area (Å²) in [7, 11) is 0. The van der Waals surface area contributed by atoms with Crippen molar-refractivity contribution >= 4 is 0 Å². The Morgan fingerprint density at radius 3 is 2.29 bits per heavy atom. The molecule has 0 N–H and O–H groups in total. The number of benzene rings is 1. The second-order valence-corrected chi connectivity index (χ2v) is 3.86. The van der Waals surface area contributed by atoms with Crippen LogP contribution in [0.4, 0.5) is 0 Å². The molecule has 1 heteroatoms. The van der Waals surface area contributed by atoms with Crippen LogP contribution in [0.15, 0.2) is 30.3 Å². The third-order valence-electron chi connectivity index (χ3n) is 2.62. The molecule has 0 bridgehead atoms. The molecule has 0 radical (unpaired) electrons. The fourth-order valence-corrected chi connectivity index (χ4v) is 1.51. The first kappa shape index (κ1) is 13.7. The molecule has 0 nitrogen and oxygen atoms in total. The maximum absolute atomic E-state index is 2.31. The van der Waals surface area contributed by atoms with Crippen molar-refractivity contribution in [2.75, 3.05) is 0 Å². The molecule has 0 heterocycles. The van der Waals surface area contributed by atoms with Gasteiger partial charge < -0.3 is 0 Å². The van der Waals surface area contributed by atoms with E-state index in [1.807, 2.05) is 0 Å². The van der Waals surface area contributed by atoms with Gasteiger partial charge in [0.15, 0.2) is 0 Å². The van der Waals surface area contributed by atoms with Crippen LogP contribution in [-0.4, -0.2) is 0 Å². The molecule has 14 heavy (non-hydrogen) atoms. The van der Waals surface area contributed by atoms with Crippen molar-refractivity contribution in [2.24, 2.45) is 5.92 Å². The van der Waals surface area contributed by atoms with Crippen LogP contribution in [0.2, 0.25) is 0 Å². The molecule has 1 aromatic rings. The summed E-state index contributed by atoms with van der Waals surface area (Å²) >= 11 is 0. The van der Waals surface area contributed by atoms with Crippen molar-refractivity contribution in [3.8, 4) is 0 Å². The van der Waals surface area contributed by atoms with Crippen molar-refractivity contribution in [1.29, 1.82) is 0 Å². The molecular weight excluding hydrogens is 163 g/mol. The second-order valence-electron chi connectivity index (χ2n) is 3.86. The van der Waals surface area contributed by atoms with Crippen LogP contribution in [-0.2, 0) is 0 Å². The Bertz CT molecular complexity index is 230. The standard InChI is InChI=1S/C13H19.Li/c1-4-11(2)10-12(3)13-8-6-5-7-9-13;/h5-9,11H,4,10H2,1-3H3;/q-1;+1. The number of rotatable bonds is 4. The Labute approximate surface area is 100 Å². The Hall–Kier alpha value is -0.313. The molecular formula is C13H19Li. The van der Waals surface area contributed by atoms with E-state index in [4.69, 9.17) is 0 Å². The molecule has 1 atom stereocenters. The second kappa shape index (κ2) is 7.04. The van der Waals surface area contributed by atoms with Gasteiger partial charge in [0.2, 0.25) is 0 Å². The van der Waals surface area contributed by atoms with Crippen LogP contribution >= 0.6 is 0 Å². The minimum Gasteiger partial charge on any atom is -0.189 e. The zero-order valence-electron chi connectivity index (χ0n) is 9.88. The topological polar surface area (TPSA) is 0 Å². The normalized spacial score (nSPS) is 11.6. The monoisotopic (exact) mass is 182 g/mol. The van der Waals surface area contributed by atoms with Gasteiger partial charge in [-0.1, -0.05) is 45.6 Å². The van der Waals surface area contributed by atoms with Gasteiger partial charge in [-0.25, -0.2) is 0 Å². The molecule has 0 aliphatic heterocycles. The van der Waals surface area contributed by atoms with Crippen molar-refractivity contribution in [1.82, 2.24) is 0 Å². The summed E-state index contributed by atoms with van der Waals surface area (Å²) < 4.78 is 0. The van der Waals surface area contributed by atoms with Crippen LogP contribution in [0, 0.1) is 11.8 Å². The summed E-state index contributed by atoms with van der Waals surface area (Å²) in [5, 5.41) is 0. The summed E-state index contributed by atoms with van der Waals surface area (Å²) in [4.78, 5) is 0. The summed E-state index contributed by atoms with van der Waals surface area (Å²) in [6, 6.07) is 10.7. The fourth-order valence-electron chi connectivity index (χ4n) is 1.51. The predicted molar refractivity (Wildman–Crippen MR) is 58.5 cm³/mol. The summed E-state index contributed by atoms with van der Waals surface area (Å²) in [5.74, 6) is 2.31. The largest absolute Gasteiger partial charge is 1.00 e. The van der Waals surface area contributed by atoms with E-state index in [2.05, 4.69) is 51.1 Å². The van der Waals surface area contributed by atoms with Crippen molar-refractivity contribution in [2.45, 2.75) is 33.6 Å². The van der Waals surface area contributed by atoms with Gasteiger partial charge in [0.05, 0.1) is 0 Å². The number of hydrogen-bond acceptors (Lipinski definition) is 0. The third kappa shape index (κ3) is 4.27. The maximum atomic E-state index is 2.31. The summed E-state index contributed by atoms with van der Waals surface area (Å²) in [6.07, 6.45) is 2.49. The zero-order valence-corrected chi connectivity index (χ0v) is 9.88. The molecule has 0 saturated carbocycles. The minimum absolute atomic E-state index is 0. The number of hydrogen-bond donors (Lipinski definition) is 0. The van der Waals surface area contributed by atoms with E-state index in [1.54, 1.807) is 0 Å². The average molecular weight is 182 g/mol. The first-order valence-corrected chi connectivity index (χ1v) is 5.12. The average Bonchev–Trinajstić information content (AvgIpc) is 2.19. The van der Waals surface area contributed by atoms with E-state index in [9.17, 15) is 0 Å². The van der Waals surface area contributed by atoms with Gasteiger partial charge in [0, 0.05) is 0 Å². The molecule has 0 fully saturated rings. The molecule has 0 saturated heterocycles. The first-order chi connectivity index (χ1) is 6.24. The quantitative estimate of drug-likeness (QED) is 0.482. The van der Waals surface area contributed by atoms with Gasteiger partial charge in [-0.2, -0.15) is 23.6 Å². The van der Waals surface area contributed by atoms with Crippen LogP contribution in [0.1, 0.15) is 39.2 Å². The third-order valence-corrected chi connectivity index (χ3v) is 2.62. The van der Waals surface area contributed by atoms with Gasteiger partial charge in [-0.3, -0.25) is 0 Å². The summed E-state index contributed by atoms with van der Waals surface area (Å²) in [6.45, 7) is 6.80. The molecule has 0 aliphatic carbocycles. The van der Waals surface area contributed by atoms with Gasteiger partial charge >= 0.3 is 18.9 Å². The molecule has 1 aromatic carbocycles. The maximum Gasteiger partial charge on any atom is 1.00 e. The molecule has 0 aliphatic rings. The van der Waals surface area contributed by atoms with E-state index in [0.717, 1.165) is 5.92 Å². The van der Waals surface area contributed by atoms with E-state index in [-0.39, 0.29) is 18.9 Å². The van der Waals surface area contributed by atoms with E-state index in [1.165, 1.54) is 24.3 Å². The van der Waals surface area contributed by atoms with Crippen molar-refractivity contribution in [3.63, 3.8) is 0 Å².